The van der Waals surface area contributed by atoms with Gasteiger partial charge in [-0.05, 0) is 73.7 Å². The number of halogens is 1. The quantitative estimate of drug-likeness (QED) is 0.121. The third-order valence-electron chi connectivity index (χ3n) is 5.95. The second-order valence-corrected chi connectivity index (χ2v) is 10.5. The number of benzene rings is 3. The second kappa shape index (κ2) is 11.4. The largest absolute Gasteiger partial charge is 0.457 e. The third kappa shape index (κ3) is 5.90. The normalized spacial score (nSPS) is 14.6. The summed E-state index contributed by atoms with van der Waals surface area (Å²) < 4.78 is 7.36. The molecule has 0 saturated carbocycles. The van der Waals surface area contributed by atoms with Crippen LogP contribution in [0.3, 0.4) is 0 Å². The van der Waals surface area contributed by atoms with Gasteiger partial charge in [0, 0.05) is 23.3 Å². The minimum atomic E-state index is -0.595. The summed E-state index contributed by atoms with van der Waals surface area (Å²) in [5.74, 6) is 0.638. The fourth-order valence-electron chi connectivity index (χ4n) is 3.93. The second-order valence-electron chi connectivity index (χ2n) is 8.74. The zero-order chi connectivity index (χ0) is 27.5. The predicted octanol–water partition coefficient (Wildman–Crippen LogP) is 6.30. The molecule has 196 valence electrons. The number of hydrogen-bond acceptors (Lipinski definition) is 6. The first-order chi connectivity index (χ1) is 18.8. The Labute approximate surface area is 240 Å². The maximum absolute atomic E-state index is 13.6. The van der Waals surface area contributed by atoms with Gasteiger partial charge in [0.15, 0.2) is 5.11 Å². The SMILES string of the molecule is Cc1ccc(SCc2nn(C)c(Cl)c2/C=C2\C(=O)NC(=S)N(c3ccc(Oc4ccccc4)cc3)C2=O)cc1. The molecule has 0 aliphatic carbocycles. The lowest BCUT2D eigenvalue weighted by molar-refractivity contribution is -0.122. The summed E-state index contributed by atoms with van der Waals surface area (Å²) in [4.78, 5) is 28.8. The van der Waals surface area contributed by atoms with Crippen LogP contribution in [0.4, 0.5) is 5.69 Å². The summed E-state index contributed by atoms with van der Waals surface area (Å²) in [6.07, 6.45) is 1.49. The summed E-state index contributed by atoms with van der Waals surface area (Å²) in [5.41, 5.74) is 2.74. The number of carbonyl (C=O) groups excluding carboxylic acids is 2. The fraction of sp³-hybridized carbons (Fsp3) is 0.103. The number of nitrogens with one attached hydrogen (secondary N) is 1. The Morgan fingerprint density at radius 1 is 1.00 bits per heavy atom. The molecule has 39 heavy (non-hydrogen) atoms. The van der Waals surface area contributed by atoms with Crippen LogP contribution in [0.5, 0.6) is 11.5 Å². The molecule has 1 aliphatic heterocycles. The third-order valence-corrected chi connectivity index (χ3v) is 7.70. The van der Waals surface area contributed by atoms with Crippen molar-refractivity contribution in [2.24, 2.45) is 7.05 Å². The van der Waals surface area contributed by atoms with Gasteiger partial charge in [-0.25, -0.2) is 0 Å². The van der Waals surface area contributed by atoms with Crippen molar-refractivity contribution in [1.29, 1.82) is 0 Å². The van der Waals surface area contributed by atoms with E-state index in [2.05, 4.69) is 10.4 Å². The van der Waals surface area contributed by atoms with Crippen molar-refractivity contribution in [2.75, 3.05) is 4.90 Å². The first-order valence-electron chi connectivity index (χ1n) is 12.0. The standard InChI is InChI=1S/C29H23ClN4O3S2/c1-18-8-14-22(15-9-18)39-17-25-23(26(30)33(2)32-25)16-24-27(35)31-29(38)34(28(24)36)19-10-12-21(13-11-19)37-20-6-4-3-5-7-20/h3-16H,17H2,1-2H3,(H,31,35,38)/b24-16+. The molecule has 1 N–H and O–H groups in total. The molecular formula is C29H23ClN4O3S2. The van der Waals surface area contributed by atoms with Crippen LogP contribution < -0.4 is 15.0 Å². The van der Waals surface area contributed by atoms with Gasteiger partial charge in [0.1, 0.15) is 22.2 Å². The highest BCUT2D eigenvalue weighted by Crippen LogP contribution is 2.31. The first kappa shape index (κ1) is 26.7. The van der Waals surface area contributed by atoms with Gasteiger partial charge in [-0.1, -0.05) is 47.5 Å². The molecule has 2 amide bonds. The van der Waals surface area contributed by atoms with Crippen LogP contribution >= 0.6 is 35.6 Å². The van der Waals surface area contributed by atoms with Crippen LogP contribution in [0.1, 0.15) is 16.8 Å². The molecule has 0 spiro atoms. The van der Waals surface area contributed by atoms with E-state index in [4.69, 9.17) is 28.6 Å². The van der Waals surface area contributed by atoms with E-state index in [0.717, 1.165) is 4.90 Å². The average Bonchev–Trinajstić information content (AvgIpc) is 3.19. The molecule has 1 saturated heterocycles. The van der Waals surface area contributed by atoms with Crippen molar-refractivity contribution in [3.8, 4) is 11.5 Å². The summed E-state index contributed by atoms with van der Waals surface area (Å²) in [6, 6.07) is 24.4. The van der Waals surface area contributed by atoms with E-state index < -0.39 is 11.8 Å². The van der Waals surface area contributed by atoms with Crippen LogP contribution in [0, 0.1) is 6.92 Å². The lowest BCUT2D eigenvalue weighted by atomic mass is 10.1. The van der Waals surface area contributed by atoms with Crippen molar-refractivity contribution in [3.05, 3.63) is 106 Å². The average molecular weight is 575 g/mol. The monoisotopic (exact) mass is 574 g/mol. The van der Waals surface area contributed by atoms with Gasteiger partial charge in [0.25, 0.3) is 11.8 Å². The minimum Gasteiger partial charge on any atom is -0.457 e. The summed E-state index contributed by atoms with van der Waals surface area (Å²) in [5, 5.41) is 7.45. The highest BCUT2D eigenvalue weighted by Gasteiger charge is 2.35. The number of thiocarbonyl (C=S) groups is 1. The molecule has 1 aliphatic rings. The Kier molecular flexibility index (Phi) is 7.83. The van der Waals surface area contributed by atoms with Gasteiger partial charge in [-0.3, -0.25) is 24.5 Å². The number of carbonyl (C=O) groups is 2. The van der Waals surface area contributed by atoms with Gasteiger partial charge in [0.05, 0.1) is 11.4 Å². The zero-order valence-electron chi connectivity index (χ0n) is 21.1. The number of anilines is 1. The maximum Gasteiger partial charge on any atom is 0.270 e. The van der Waals surface area contributed by atoms with E-state index >= 15 is 0 Å². The van der Waals surface area contributed by atoms with Crippen molar-refractivity contribution in [2.45, 2.75) is 17.6 Å². The molecule has 7 nitrogen and oxygen atoms in total. The number of nitrogens with zero attached hydrogens (tertiary/aromatic N) is 3. The van der Waals surface area contributed by atoms with Gasteiger partial charge in [-0.15, -0.1) is 11.8 Å². The number of para-hydroxylation sites is 1. The Morgan fingerprint density at radius 3 is 2.36 bits per heavy atom. The molecular weight excluding hydrogens is 552 g/mol. The Balaban J connectivity index is 1.40. The molecule has 0 radical (unpaired) electrons. The smallest absolute Gasteiger partial charge is 0.270 e. The zero-order valence-corrected chi connectivity index (χ0v) is 23.4. The Bertz CT molecular complexity index is 1580. The maximum atomic E-state index is 13.6. The van der Waals surface area contributed by atoms with Crippen molar-refractivity contribution < 1.29 is 14.3 Å². The summed E-state index contributed by atoms with van der Waals surface area (Å²) in [6.45, 7) is 2.03. The molecule has 0 atom stereocenters. The van der Waals surface area contributed by atoms with Gasteiger partial charge < -0.3 is 4.74 Å². The number of hydrogen-bond donors (Lipinski definition) is 1. The topological polar surface area (TPSA) is 76.5 Å². The highest BCUT2D eigenvalue weighted by molar-refractivity contribution is 7.98. The van der Waals surface area contributed by atoms with Crippen LogP contribution in [-0.2, 0) is 22.4 Å². The van der Waals surface area contributed by atoms with E-state index in [1.165, 1.54) is 21.2 Å². The van der Waals surface area contributed by atoms with Gasteiger partial charge >= 0.3 is 0 Å². The number of amides is 2. The molecule has 1 aromatic heterocycles. The van der Waals surface area contributed by atoms with E-state index in [1.54, 1.807) is 43.1 Å². The summed E-state index contributed by atoms with van der Waals surface area (Å²) in [7, 11) is 1.72. The number of ether oxygens (including phenoxy) is 1. The van der Waals surface area contributed by atoms with Crippen molar-refractivity contribution in [1.82, 2.24) is 15.1 Å². The predicted molar refractivity (Wildman–Crippen MR) is 158 cm³/mol. The molecule has 4 aromatic rings. The molecule has 0 bridgehead atoms. The first-order valence-corrected chi connectivity index (χ1v) is 13.7. The van der Waals surface area contributed by atoms with Crippen molar-refractivity contribution in [3.63, 3.8) is 0 Å². The highest BCUT2D eigenvalue weighted by atomic mass is 35.5. The summed E-state index contributed by atoms with van der Waals surface area (Å²) >= 11 is 13.5. The number of aryl methyl sites for hydroxylation is 2. The lowest BCUT2D eigenvalue weighted by Crippen LogP contribution is -2.54. The van der Waals surface area contributed by atoms with Crippen LogP contribution in [-0.4, -0.2) is 26.7 Å². The number of rotatable bonds is 7. The Morgan fingerprint density at radius 2 is 1.67 bits per heavy atom. The van der Waals surface area contributed by atoms with E-state index in [9.17, 15) is 9.59 Å². The molecule has 0 unspecified atom stereocenters. The van der Waals surface area contributed by atoms with Gasteiger partial charge in [0.2, 0.25) is 0 Å². The van der Waals surface area contributed by atoms with E-state index in [1.807, 2.05) is 61.5 Å². The number of aromatic nitrogens is 2. The fourth-order valence-corrected chi connectivity index (χ4v) is 5.26. The van der Waals surface area contributed by atoms with Crippen molar-refractivity contribution >= 4 is 64.3 Å². The Hall–Kier alpha value is -3.92. The number of thioether (sulfide) groups is 1. The van der Waals surface area contributed by atoms with Gasteiger partial charge in [-0.2, -0.15) is 5.10 Å². The molecule has 10 heteroatoms. The van der Waals surface area contributed by atoms with Crippen LogP contribution in [0.15, 0.2) is 89.3 Å². The molecule has 5 rings (SSSR count). The van der Waals surface area contributed by atoms with E-state index in [-0.39, 0.29) is 10.7 Å². The molecule has 3 aromatic carbocycles. The van der Waals surface area contributed by atoms with Crippen LogP contribution in [0.2, 0.25) is 5.15 Å². The minimum absolute atomic E-state index is 0.00804. The van der Waals surface area contributed by atoms with Crippen LogP contribution in [0.25, 0.3) is 6.08 Å². The molecule has 2 heterocycles. The van der Waals surface area contributed by atoms with E-state index in [0.29, 0.717) is 39.3 Å². The lowest BCUT2D eigenvalue weighted by Gasteiger charge is -2.29. The molecule has 1 fully saturated rings.